The number of anilines is 2. The molecule has 0 aliphatic rings. The predicted molar refractivity (Wildman–Crippen MR) is 96.3 cm³/mol. The van der Waals surface area contributed by atoms with Gasteiger partial charge in [-0.3, -0.25) is 4.79 Å². The average molecular weight is 344 g/mol. The first-order chi connectivity index (χ1) is 12.1. The minimum absolute atomic E-state index is 0.0572. The second kappa shape index (κ2) is 9.58. The summed E-state index contributed by atoms with van der Waals surface area (Å²) in [6.07, 6.45) is 2.17. The zero-order valence-corrected chi connectivity index (χ0v) is 14.8. The van der Waals surface area contributed by atoms with Crippen LogP contribution >= 0.6 is 0 Å². The lowest BCUT2D eigenvalue weighted by Gasteiger charge is -2.15. The van der Waals surface area contributed by atoms with E-state index in [4.69, 9.17) is 9.47 Å². The molecule has 0 radical (unpaired) electrons. The van der Waals surface area contributed by atoms with Crippen molar-refractivity contribution in [2.45, 2.75) is 26.4 Å². The molecule has 25 heavy (non-hydrogen) atoms. The van der Waals surface area contributed by atoms with Gasteiger partial charge in [0, 0.05) is 26.3 Å². The highest BCUT2D eigenvalue weighted by atomic mass is 16.5. The monoisotopic (exact) mass is 344 g/mol. The van der Waals surface area contributed by atoms with Crippen molar-refractivity contribution >= 4 is 17.4 Å². The molecule has 0 fully saturated rings. The van der Waals surface area contributed by atoms with Gasteiger partial charge in [-0.05, 0) is 32.4 Å². The third-order valence-electron chi connectivity index (χ3n) is 3.22. The number of nitrogens with zero attached hydrogens (tertiary/aromatic N) is 2. The summed E-state index contributed by atoms with van der Waals surface area (Å²) in [5.74, 6) is 1.01. The Bertz CT molecular complexity index is 692. The van der Waals surface area contributed by atoms with Crippen LogP contribution in [-0.4, -0.2) is 42.2 Å². The number of carbonyl (C=O) groups is 1. The first kappa shape index (κ1) is 18.7. The van der Waals surface area contributed by atoms with Gasteiger partial charge in [0.05, 0.1) is 11.8 Å². The minimum atomic E-state index is -0.242. The fourth-order valence-corrected chi connectivity index (χ4v) is 2.12. The number of benzene rings is 1. The van der Waals surface area contributed by atoms with E-state index in [1.165, 1.54) is 6.33 Å². The Kier molecular flexibility index (Phi) is 7.16. The molecule has 0 spiro atoms. The standard InChI is InChI=1S/C18H24N4O3/c1-13(2)25-16-8-5-4-7-14(16)22-17-11-15(20-12-21-17)18(23)19-9-6-10-24-3/h4-5,7-8,11-13H,6,9-10H2,1-3H3,(H,19,23)(H,20,21,22). The van der Waals surface area contributed by atoms with Crippen LogP contribution in [0.4, 0.5) is 11.5 Å². The van der Waals surface area contributed by atoms with Crippen LogP contribution in [0.3, 0.4) is 0 Å². The number of para-hydroxylation sites is 2. The van der Waals surface area contributed by atoms with Gasteiger partial charge in [0.1, 0.15) is 23.6 Å². The Morgan fingerprint density at radius 2 is 2.04 bits per heavy atom. The first-order valence-corrected chi connectivity index (χ1v) is 8.22. The molecule has 134 valence electrons. The zero-order chi connectivity index (χ0) is 18.1. The lowest BCUT2D eigenvalue weighted by molar-refractivity contribution is 0.0943. The molecule has 7 heteroatoms. The van der Waals surface area contributed by atoms with E-state index >= 15 is 0 Å². The highest BCUT2D eigenvalue weighted by molar-refractivity contribution is 5.93. The van der Waals surface area contributed by atoms with Gasteiger partial charge in [0.15, 0.2) is 0 Å². The molecular formula is C18H24N4O3. The fourth-order valence-electron chi connectivity index (χ4n) is 2.12. The molecule has 0 saturated heterocycles. The van der Waals surface area contributed by atoms with Gasteiger partial charge < -0.3 is 20.1 Å². The van der Waals surface area contributed by atoms with Gasteiger partial charge in [-0.1, -0.05) is 12.1 Å². The van der Waals surface area contributed by atoms with Crippen LogP contribution in [0.1, 0.15) is 30.8 Å². The summed E-state index contributed by atoms with van der Waals surface area (Å²) in [6.45, 7) is 5.06. The van der Waals surface area contributed by atoms with Crippen LogP contribution in [0.15, 0.2) is 36.7 Å². The summed E-state index contributed by atoms with van der Waals surface area (Å²) in [7, 11) is 1.63. The number of hydrogen-bond donors (Lipinski definition) is 2. The Labute approximate surface area is 147 Å². The van der Waals surface area contributed by atoms with Crippen LogP contribution in [-0.2, 0) is 4.74 Å². The maximum Gasteiger partial charge on any atom is 0.270 e. The average Bonchev–Trinajstić information content (AvgIpc) is 2.60. The van der Waals surface area contributed by atoms with E-state index in [0.29, 0.717) is 24.7 Å². The van der Waals surface area contributed by atoms with Crippen molar-refractivity contribution < 1.29 is 14.3 Å². The van der Waals surface area contributed by atoms with E-state index in [9.17, 15) is 4.79 Å². The highest BCUT2D eigenvalue weighted by Gasteiger charge is 2.10. The van der Waals surface area contributed by atoms with Crippen LogP contribution in [0.2, 0.25) is 0 Å². The van der Waals surface area contributed by atoms with Crippen molar-refractivity contribution in [2.75, 3.05) is 25.6 Å². The molecule has 2 N–H and O–H groups in total. The van der Waals surface area contributed by atoms with Crippen molar-refractivity contribution in [3.05, 3.63) is 42.4 Å². The quantitative estimate of drug-likeness (QED) is 0.681. The number of ether oxygens (including phenoxy) is 2. The Morgan fingerprint density at radius 3 is 2.80 bits per heavy atom. The second-order valence-electron chi connectivity index (χ2n) is 5.68. The molecule has 7 nitrogen and oxygen atoms in total. The lowest BCUT2D eigenvalue weighted by atomic mass is 10.2. The molecule has 2 aromatic rings. The Morgan fingerprint density at radius 1 is 1.24 bits per heavy atom. The van der Waals surface area contributed by atoms with Crippen molar-refractivity contribution in [3.63, 3.8) is 0 Å². The molecule has 0 bridgehead atoms. The van der Waals surface area contributed by atoms with Crippen molar-refractivity contribution in [3.8, 4) is 5.75 Å². The van der Waals surface area contributed by atoms with E-state index in [0.717, 1.165) is 17.9 Å². The van der Waals surface area contributed by atoms with Gasteiger partial charge in [0.2, 0.25) is 0 Å². The number of hydrogen-bond acceptors (Lipinski definition) is 6. The van der Waals surface area contributed by atoms with E-state index in [1.54, 1.807) is 13.2 Å². The molecule has 1 amide bonds. The first-order valence-electron chi connectivity index (χ1n) is 8.22. The van der Waals surface area contributed by atoms with E-state index < -0.39 is 0 Å². The third-order valence-corrected chi connectivity index (χ3v) is 3.22. The summed E-state index contributed by atoms with van der Waals surface area (Å²) >= 11 is 0. The lowest BCUT2D eigenvalue weighted by Crippen LogP contribution is -2.26. The van der Waals surface area contributed by atoms with Crippen LogP contribution < -0.4 is 15.4 Å². The van der Waals surface area contributed by atoms with Gasteiger partial charge in [0.25, 0.3) is 5.91 Å². The number of nitrogens with one attached hydrogen (secondary N) is 2. The summed E-state index contributed by atoms with van der Waals surface area (Å²) in [4.78, 5) is 20.3. The number of aromatic nitrogens is 2. The van der Waals surface area contributed by atoms with Crippen LogP contribution in [0.5, 0.6) is 5.75 Å². The smallest absolute Gasteiger partial charge is 0.270 e. The number of methoxy groups -OCH3 is 1. The van der Waals surface area contributed by atoms with E-state index in [1.807, 2.05) is 38.1 Å². The van der Waals surface area contributed by atoms with Gasteiger partial charge >= 0.3 is 0 Å². The summed E-state index contributed by atoms with van der Waals surface area (Å²) in [6, 6.07) is 9.19. The second-order valence-corrected chi connectivity index (χ2v) is 5.68. The van der Waals surface area contributed by atoms with Gasteiger partial charge in [-0.2, -0.15) is 0 Å². The van der Waals surface area contributed by atoms with E-state index in [-0.39, 0.29) is 12.0 Å². The highest BCUT2D eigenvalue weighted by Crippen LogP contribution is 2.27. The Balaban J connectivity index is 2.05. The molecule has 0 aliphatic heterocycles. The van der Waals surface area contributed by atoms with E-state index in [2.05, 4.69) is 20.6 Å². The molecule has 1 aromatic carbocycles. The van der Waals surface area contributed by atoms with Crippen LogP contribution in [0.25, 0.3) is 0 Å². The SMILES string of the molecule is COCCCNC(=O)c1cc(Nc2ccccc2OC(C)C)ncn1. The molecule has 0 aliphatic carbocycles. The largest absolute Gasteiger partial charge is 0.489 e. The van der Waals surface area contributed by atoms with Gasteiger partial charge in [-0.25, -0.2) is 9.97 Å². The molecule has 1 aromatic heterocycles. The Hall–Kier alpha value is -2.67. The third kappa shape index (κ3) is 6.04. The van der Waals surface area contributed by atoms with Gasteiger partial charge in [-0.15, -0.1) is 0 Å². The summed E-state index contributed by atoms with van der Waals surface area (Å²) in [5, 5.41) is 5.97. The van der Waals surface area contributed by atoms with Crippen molar-refractivity contribution in [2.24, 2.45) is 0 Å². The summed E-state index contributed by atoms with van der Waals surface area (Å²) < 4.78 is 10.7. The molecule has 1 heterocycles. The maximum absolute atomic E-state index is 12.1. The fraction of sp³-hybridized carbons (Fsp3) is 0.389. The summed E-state index contributed by atoms with van der Waals surface area (Å²) in [5.41, 5.74) is 1.08. The molecule has 0 unspecified atom stereocenters. The number of amides is 1. The normalized spacial score (nSPS) is 10.6. The molecule has 0 atom stereocenters. The minimum Gasteiger partial charge on any atom is -0.489 e. The molecule has 0 saturated carbocycles. The number of carbonyl (C=O) groups excluding carboxylic acids is 1. The number of rotatable bonds is 9. The maximum atomic E-state index is 12.1. The van der Waals surface area contributed by atoms with Crippen molar-refractivity contribution in [1.82, 2.24) is 15.3 Å². The molecule has 2 rings (SSSR count). The topological polar surface area (TPSA) is 85.4 Å². The molecular weight excluding hydrogens is 320 g/mol. The zero-order valence-electron chi connectivity index (χ0n) is 14.8. The van der Waals surface area contributed by atoms with Crippen molar-refractivity contribution in [1.29, 1.82) is 0 Å². The van der Waals surface area contributed by atoms with Crippen LogP contribution in [0, 0.1) is 0 Å². The predicted octanol–water partition coefficient (Wildman–Crippen LogP) is 2.77.